The summed E-state index contributed by atoms with van der Waals surface area (Å²) in [5.41, 5.74) is 8.26. The number of aldehydes is 1. The number of aryl methyl sites for hydroxylation is 1. The molecule has 0 unspecified atom stereocenters. The maximum absolute atomic E-state index is 12.3. The Morgan fingerprint density at radius 2 is 1.88 bits per heavy atom. The van der Waals surface area contributed by atoms with Crippen molar-refractivity contribution in [1.29, 1.82) is 0 Å². The van der Waals surface area contributed by atoms with Gasteiger partial charge < -0.3 is 10.2 Å². The second-order valence-electron chi connectivity index (χ2n) is 7.27. The van der Waals surface area contributed by atoms with Gasteiger partial charge in [0.25, 0.3) is 5.91 Å². The second-order valence-corrected chi connectivity index (χ2v) is 9.70. The second kappa shape index (κ2) is 9.70. The number of nitrogens with one attached hydrogen (secondary N) is 1. The van der Waals surface area contributed by atoms with Crippen molar-refractivity contribution >= 4 is 27.2 Å². The Morgan fingerprint density at radius 3 is 2.35 bits per heavy atom. The first-order chi connectivity index (χ1) is 12.1. The number of hydrogen-bond acceptors (Lipinski definition) is 6. The van der Waals surface area contributed by atoms with Gasteiger partial charge in [-0.15, -0.1) is 0 Å². The molecule has 0 fully saturated rings. The Kier molecular flexibility index (Phi) is 8.26. The fraction of sp³-hybridized carbons (Fsp3) is 0.556. The van der Waals surface area contributed by atoms with Gasteiger partial charge in [0.05, 0.1) is 12.3 Å². The highest BCUT2D eigenvalue weighted by atomic mass is 28.3. The summed E-state index contributed by atoms with van der Waals surface area (Å²) in [5.74, 6) is -0.274. The van der Waals surface area contributed by atoms with Crippen LogP contribution < -0.4 is 11.1 Å². The Labute approximate surface area is 157 Å². The van der Waals surface area contributed by atoms with Gasteiger partial charge in [0.2, 0.25) is 5.95 Å². The molecule has 0 atom stereocenters. The molecule has 0 aromatic carbocycles. The molecule has 0 aliphatic carbocycles. The molecule has 26 heavy (non-hydrogen) atoms. The standard InChI is InChI=1S/C18H30N4O3Si/c1-7-13-15(18(2,3)4)14(11-25-26(5)6)21-17(20-13)22-16(24)12(10-19)8-9-23/h8-9,26H,7,10-11,19H2,1-6H3,(H,20,21,22,24)/b12-8-. The van der Waals surface area contributed by atoms with Gasteiger partial charge in [-0.25, -0.2) is 9.97 Å². The lowest BCUT2D eigenvalue weighted by Crippen LogP contribution is -2.25. The fourth-order valence-corrected chi connectivity index (χ4v) is 3.08. The van der Waals surface area contributed by atoms with Crippen LogP contribution in [0.1, 0.15) is 44.6 Å². The largest absolute Gasteiger partial charge is 0.415 e. The normalized spacial score (nSPS) is 12.4. The summed E-state index contributed by atoms with van der Waals surface area (Å²) >= 11 is 0. The molecular formula is C18H30N4O3Si. The number of carbonyl (C=O) groups excluding carboxylic acids is 2. The highest BCUT2D eigenvalue weighted by Crippen LogP contribution is 2.29. The van der Waals surface area contributed by atoms with Crippen molar-refractivity contribution in [1.82, 2.24) is 9.97 Å². The van der Waals surface area contributed by atoms with E-state index in [1.165, 1.54) is 0 Å². The van der Waals surface area contributed by atoms with Crippen LogP contribution in [-0.4, -0.2) is 37.7 Å². The summed E-state index contributed by atoms with van der Waals surface area (Å²) in [7, 11) is -1.23. The first kappa shape index (κ1) is 22.1. The van der Waals surface area contributed by atoms with E-state index < -0.39 is 14.9 Å². The Bertz CT molecular complexity index is 682. The minimum Gasteiger partial charge on any atom is -0.415 e. The summed E-state index contributed by atoms with van der Waals surface area (Å²) in [5, 5.41) is 2.65. The Balaban J connectivity index is 3.34. The first-order valence-electron chi connectivity index (χ1n) is 8.81. The maximum Gasteiger partial charge on any atom is 0.255 e. The third kappa shape index (κ3) is 6.12. The molecule has 1 heterocycles. The maximum atomic E-state index is 12.3. The molecule has 3 N–H and O–H groups in total. The van der Waals surface area contributed by atoms with Crippen LogP contribution >= 0.6 is 0 Å². The van der Waals surface area contributed by atoms with Crippen molar-refractivity contribution in [2.45, 2.75) is 59.2 Å². The van der Waals surface area contributed by atoms with Gasteiger partial charge in [-0.2, -0.15) is 0 Å². The van der Waals surface area contributed by atoms with Gasteiger partial charge in [0.1, 0.15) is 6.29 Å². The van der Waals surface area contributed by atoms with E-state index in [-0.39, 0.29) is 23.5 Å². The highest BCUT2D eigenvalue weighted by Gasteiger charge is 2.25. The topological polar surface area (TPSA) is 107 Å². The summed E-state index contributed by atoms with van der Waals surface area (Å²) in [6.07, 6.45) is 2.39. The quantitative estimate of drug-likeness (QED) is 0.406. The van der Waals surface area contributed by atoms with Crippen LogP contribution in [0, 0.1) is 0 Å². The van der Waals surface area contributed by atoms with E-state index in [1.54, 1.807) is 0 Å². The fourth-order valence-electron chi connectivity index (χ4n) is 2.59. The predicted molar refractivity (Wildman–Crippen MR) is 106 cm³/mol. The SMILES string of the molecule is CCc1nc(NC(=O)/C(=C\C=O)CN)nc(CO[SiH](C)C)c1C(C)(C)C. The van der Waals surface area contributed by atoms with E-state index in [2.05, 4.69) is 49.1 Å². The van der Waals surface area contributed by atoms with Gasteiger partial charge in [0, 0.05) is 23.4 Å². The molecule has 0 saturated carbocycles. The Morgan fingerprint density at radius 1 is 1.27 bits per heavy atom. The summed E-state index contributed by atoms with van der Waals surface area (Å²) < 4.78 is 5.89. The number of hydrogen-bond donors (Lipinski definition) is 2. The molecule has 0 bridgehead atoms. The van der Waals surface area contributed by atoms with Gasteiger partial charge in [-0.05, 0) is 31.0 Å². The first-order valence-corrected chi connectivity index (χ1v) is 11.6. The van der Waals surface area contributed by atoms with Crippen molar-refractivity contribution in [2.24, 2.45) is 5.73 Å². The lowest BCUT2D eigenvalue weighted by molar-refractivity contribution is -0.113. The van der Waals surface area contributed by atoms with Gasteiger partial charge in [-0.1, -0.05) is 27.7 Å². The average molecular weight is 379 g/mol. The number of nitrogens with zero attached hydrogens (tertiary/aromatic N) is 2. The van der Waals surface area contributed by atoms with E-state index in [4.69, 9.17) is 10.2 Å². The number of allylic oxidation sites excluding steroid dienone is 1. The molecule has 1 aromatic heterocycles. The minimum atomic E-state index is -1.23. The van der Waals surface area contributed by atoms with Crippen molar-refractivity contribution < 1.29 is 14.0 Å². The van der Waals surface area contributed by atoms with Crippen molar-refractivity contribution in [2.75, 3.05) is 11.9 Å². The third-order valence-electron chi connectivity index (χ3n) is 3.70. The van der Waals surface area contributed by atoms with Crippen LogP contribution in [0.5, 0.6) is 0 Å². The molecule has 7 nitrogen and oxygen atoms in total. The van der Waals surface area contributed by atoms with E-state index in [0.29, 0.717) is 19.3 Å². The lowest BCUT2D eigenvalue weighted by Gasteiger charge is -2.26. The van der Waals surface area contributed by atoms with Gasteiger partial charge >= 0.3 is 0 Å². The van der Waals surface area contributed by atoms with E-state index in [9.17, 15) is 9.59 Å². The van der Waals surface area contributed by atoms with E-state index >= 15 is 0 Å². The molecule has 0 saturated heterocycles. The molecular weight excluding hydrogens is 348 g/mol. The molecule has 1 aromatic rings. The van der Waals surface area contributed by atoms with Gasteiger partial charge in [0.15, 0.2) is 9.04 Å². The number of amides is 1. The number of anilines is 1. The van der Waals surface area contributed by atoms with Crippen molar-refractivity contribution in [3.8, 4) is 0 Å². The van der Waals surface area contributed by atoms with Crippen molar-refractivity contribution in [3.63, 3.8) is 0 Å². The molecule has 0 radical (unpaired) electrons. The average Bonchev–Trinajstić information content (AvgIpc) is 2.55. The van der Waals surface area contributed by atoms with Crippen LogP contribution in [0.4, 0.5) is 5.95 Å². The zero-order valence-electron chi connectivity index (χ0n) is 16.5. The molecule has 0 aliphatic rings. The summed E-state index contributed by atoms with van der Waals surface area (Å²) in [6, 6.07) is 0. The molecule has 0 aliphatic heterocycles. The van der Waals surface area contributed by atoms with Crippen LogP contribution in [0.25, 0.3) is 0 Å². The smallest absolute Gasteiger partial charge is 0.255 e. The number of rotatable bonds is 8. The monoisotopic (exact) mass is 378 g/mol. The zero-order valence-corrected chi connectivity index (χ0v) is 17.7. The number of nitrogens with two attached hydrogens (primary N) is 1. The van der Waals surface area contributed by atoms with Crippen LogP contribution in [0.2, 0.25) is 13.1 Å². The lowest BCUT2D eigenvalue weighted by atomic mass is 9.84. The molecule has 1 amide bonds. The third-order valence-corrected chi connectivity index (χ3v) is 4.54. The molecule has 144 valence electrons. The molecule has 8 heteroatoms. The van der Waals surface area contributed by atoms with Crippen molar-refractivity contribution in [3.05, 3.63) is 28.6 Å². The number of aromatic nitrogens is 2. The van der Waals surface area contributed by atoms with Crippen LogP contribution in [0.15, 0.2) is 11.6 Å². The van der Waals surface area contributed by atoms with Crippen LogP contribution in [0.3, 0.4) is 0 Å². The van der Waals surface area contributed by atoms with E-state index in [1.807, 2.05) is 6.92 Å². The van der Waals surface area contributed by atoms with E-state index in [0.717, 1.165) is 23.0 Å². The Hall–Kier alpha value is -1.90. The summed E-state index contributed by atoms with van der Waals surface area (Å²) in [4.78, 5) is 32.0. The number of carbonyl (C=O) groups is 2. The molecule has 0 spiro atoms. The van der Waals surface area contributed by atoms with Gasteiger partial charge in [-0.3, -0.25) is 14.9 Å². The predicted octanol–water partition coefficient (Wildman–Crippen LogP) is 1.86. The molecule has 1 rings (SSSR count). The van der Waals surface area contributed by atoms with Crippen LogP contribution in [-0.2, 0) is 32.5 Å². The zero-order chi connectivity index (χ0) is 19.9. The summed E-state index contributed by atoms with van der Waals surface area (Å²) in [6.45, 7) is 12.9. The minimum absolute atomic E-state index is 0.0415. The highest BCUT2D eigenvalue weighted by molar-refractivity contribution is 6.48.